The Labute approximate surface area is 265 Å². The Morgan fingerprint density at radius 2 is 1.19 bits per heavy atom. The highest BCUT2D eigenvalue weighted by Gasteiger charge is 2.16. The van der Waals surface area contributed by atoms with E-state index in [0.29, 0.717) is 85.5 Å². The second kappa shape index (κ2) is 21.0. The highest BCUT2D eigenvalue weighted by atomic mass is 35.5. The van der Waals surface area contributed by atoms with Crippen molar-refractivity contribution >= 4 is 64.5 Å². The van der Waals surface area contributed by atoms with Crippen LogP contribution < -0.4 is 20.9 Å². The maximum atomic E-state index is 10.4. The Balaban J connectivity index is 0.000000252. The molecule has 0 radical (unpaired) electrons. The number of carboxylic acid groups (broad SMARTS) is 2. The van der Waals surface area contributed by atoms with Crippen LogP contribution in [0.3, 0.4) is 0 Å². The standard InChI is InChI=1S/C13H19ClN4O3.C8H9Cl2N3O.C5H11NO2/c14-10-9-11(15-4-2-1-3-12(19)20)17-13(16-10)18-5-7-21-8-6-18;9-6-5-7(10)12-8(11-6)13-1-3-14-4-2-13;6-4-2-1-3-5(7)8/h9H,1-8H2,(H,19,20)(H,15,16,17);5H,1-4H2;1-4,6H2,(H,7,8). The molecule has 0 unspecified atom stereocenters. The topological polar surface area (TPSA) is 189 Å². The zero-order valence-corrected chi connectivity index (χ0v) is 26.2. The number of rotatable bonds is 12. The minimum atomic E-state index is -0.769. The Morgan fingerprint density at radius 3 is 1.65 bits per heavy atom. The summed E-state index contributed by atoms with van der Waals surface area (Å²) >= 11 is 17.6. The van der Waals surface area contributed by atoms with Gasteiger partial charge in [0.25, 0.3) is 0 Å². The van der Waals surface area contributed by atoms with Crippen LogP contribution in [0, 0.1) is 0 Å². The molecule has 43 heavy (non-hydrogen) atoms. The minimum absolute atomic E-state index is 0.186. The highest BCUT2D eigenvalue weighted by Crippen LogP contribution is 2.19. The molecule has 240 valence electrons. The van der Waals surface area contributed by atoms with Crippen LogP contribution in [-0.4, -0.2) is 108 Å². The molecular weight excluding hydrogens is 627 g/mol. The van der Waals surface area contributed by atoms with Crippen LogP contribution in [0.4, 0.5) is 17.7 Å². The molecule has 14 nitrogen and oxygen atoms in total. The fourth-order valence-electron chi connectivity index (χ4n) is 3.72. The second-order valence-electron chi connectivity index (χ2n) is 9.31. The smallest absolute Gasteiger partial charge is 0.303 e. The number of morpholine rings is 2. The molecule has 0 aliphatic carbocycles. The molecule has 2 aliphatic rings. The number of anilines is 3. The lowest BCUT2D eigenvalue weighted by molar-refractivity contribution is -0.138. The fraction of sp³-hybridized carbons (Fsp3) is 0.615. The average molecular weight is 666 g/mol. The van der Waals surface area contributed by atoms with Crippen LogP contribution in [0.1, 0.15) is 38.5 Å². The number of nitrogens with one attached hydrogen (secondary N) is 1. The third kappa shape index (κ3) is 16.1. The quantitative estimate of drug-likeness (QED) is 0.190. The SMILES string of the molecule is Clc1cc(Cl)nc(N2CCOCC2)n1.NCCCCC(=O)O.O=C(O)CCCCNc1cc(Cl)nc(N2CCOCC2)n1. The van der Waals surface area contributed by atoms with E-state index in [9.17, 15) is 9.59 Å². The van der Waals surface area contributed by atoms with E-state index in [0.717, 1.165) is 39.0 Å². The van der Waals surface area contributed by atoms with E-state index in [4.69, 9.17) is 60.2 Å². The summed E-state index contributed by atoms with van der Waals surface area (Å²) in [5.41, 5.74) is 5.12. The Kier molecular flexibility index (Phi) is 17.8. The first-order valence-corrected chi connectivity index (χ1v) is 15.1. The predicted molar refractivity (Wildman–Crippen MR) is 166 cm³/mol. The van der Waals surface area contributed by atoms with Crippen molar-refractivity contribution in [3.63, 3.8) is 0 Å². The van der Waals surface area contributed by atoms with Crippen molar-refractivity contribution in [2.24, 2.45) is 5.73 Å². The van der Waals surface area contributed by atoms with E-state index >= 15 is 0 Å². The number of hydrogen-bond acceptors (Lipinski definition) is 12. The number of unbranched alkanes of at least 4 members (excludes halogenated alkanes) is 2. The molecule has 0 spiro atoms. The van der Waals surface area contributed by atoms with Crippen LogP contribution in [0.15, 0.2) is 12.1 Å². The third-order valence-corrected chi connectivity index (χ3v) is 6.47. The Hall–Kier alpha value is -2.75. The number of hydrogen-bond donors (Lipinski definition) is 4. The number of carbonyl (C=O) groups is 2. The molecule has 0 atom stereocenters. The zero-order chi connectivity index (χ0) is 31.5. The molecule has 0 amide bonds. The monoisotopic (exact) mass is 664 g/mol. The van der Waals surface area contributed by atoms with Crippen molar-refractivity contribution in [1.29, 1.82) is 0 Å². The van der Waals surface area contributed by atoms with Gasteiger partial charge in [0.1, 0.15) is 21.3 Å². The molecule has 0 aromatic carbocycles. The van der Waals surface area contributed by atoms with Gasteiger partial charge in [0.2, 0.25) is 11.9 Å². The van der Waals surface area contributed by atoms with Gasteiger partial charge in [-0.3, -0.25) is 9.59 Å². The first-order valence-electron chi connectivity index (χ1n) is 14.0. The van der Waals surface area contributed by atoms with Crippen LogP contribution in [0.2, 0.25) is 15.5 Å². The number of ether oxygens (including phenoxy) is 2. The molecule has 2 saturated heterocycles. The van der Waals surface area contributed by atoms with Crippen LogP contribution >= 0.6 is 34.8 Å². The zero-order valence-electron chi connectivity index (χ0n) is 23.9. The Bertz CT molecular complexity index is 1100. The van der Waals surface area contributed by atoms with E-state index in [1.54, 1.807) is 6.07 Å². The molecular formula is C26H39Cl3N8O6. The van der Waals surface area contributed by atoms with Crippen LogP contribution in [0.25, 0.3) is 0 Å². The molecule has 2 fully saturated rings. The number of aromatic nitrogens is 4. The van der Waals surface area contributed by atoms with Gasteiger partial charge in [-0.15, -0.1) is 0 Å². The molecule has 2 aromatic rings. The summed E-state index contributed by atoms with van der Waals surface area (Å²) in [6, 6.07) is 3.19. The van der Waals surface area contributed by atoms with Crippen LogP contribution in [0.5, 0.6) is 0 Å². The van der Waals surface area contributed by atoms with Gasteiger partial charge in [-0.05, 0) is 32.2 Å². The van der Waals surface area contributed by atoms with Crippen molar-refractivity contribution in [2.75, 3.05) is 80.8 Å². The van der Waals surface area contributed by atoms with Crippen LogP contribution in [-0.2, 0) is 19.1 Å². The van der Waals surface area contributed by atoms with E-state index in [1.807, 2.05) is 9.80 Å². The van der Waals surface area contributed by atoms with Gasteiger partial charge in [0.15, 0.2) is 0 Å². The maximum absolute atomic E-state index is 10.4. The molecule has 4 heterocycles. The fourth-order valence-corrected chi connectivity index (χ4v) is 4.32. The number of halogens is 3. The van der Waals surface area contributed by atoms with Gasteiger partial charge >= 0.3 is 11.9 Å². The predicted octanol–water partition coefficient (Wildman–Crippen LogP) is 3.45. The lowest BCUT2D eigenvalue weighted by atomic mass is 10.2. The van der Waals surface area contributed by atoms with Crippen molar-refractivity contribution in [3.8, 4) is 0 Å². The first-order chi connectivity index (χ1) is 20.7. The van der Waals surface area contributed by atoms with E-state index < -0.39 is 11.9 Å². The van der Waals surface area contributed by atoms with Gasteiger partial charge in [-0.1, -0.05) is 34.8 Å². The number of nitrogens with two attached hydrogens (primary N) is 1. The van der Waals surface area contributed by atoms with Gasteiger partial charge in [-0.25, -0.2) is 15.0 Å². The summed E-state index contributed by atoms with van der Waals surface area (Å²) in [5, 5.41) is 20.9. The van der Waals surface area contributed by atoms with E-state index in [-0.39, 0.29) is 12.8 Å². The number of aliphatic carboxylic acids is 2. The summed E-state index contributed by atoms with van der Waals surface area (Å²) in [6.45, 7) is 6.99. The molecule has 17 heteroatoms. The Morgan fingerprint density at radius 1 is 0.744 bits per heavy atom. The molecule has 0 bridgehead atoms. The molecule has 2 aliphatic heterocycles. The minimum Gasteiger partial charge on any atom is -0.481 e. The summed E-state index contributed by atoms with van der Waals surface area (Å²) in [6.07, 6.45) is 3.35. The highest BCUT2D eigenvalue weighted by molar-refractivity contribution is 6.33. The summed E-state index contributed by atoms with van der Waals surface area (Å²) in [7, 11) is 0. The first kappa shape index (κ1) is 36.4. The number of nitrogens with zero attached hydrogens (tertiary/aromatic N) is 6. The third-order valence-electron chi connectivity index (χ3n) is 5.89. The van der Waals surface area contributed by atoms with Gasteiger partial charge in [0, 0.05) is 57.7 Å². The van der Waals surface area contributed by atoms with Crippen molar-refractivity contribution < 1.29 is 29.3 Å². The number of carboxylic acids is 2. The van der Waals surface area contributed by atoms with Gasteiger partial charge < -0.3 is 40.5 Å². The summed E-state index contributed by atoms with van der Waals surface area (Å²) in [5.74, 6) is 0.324. The van der Waals surface area contributed by atoms with Crippen molar-refractivity contribution in [2.45, 2.75) is 38.5 Å². The maximum Gasteiger partial charge on any atom is 0.303 e. The van der Waals surface area contributed by atoms with Gasteiger partial charge in [0.05, 0.1) is 26.4 Å². The average Bonchev–Trinajstić information content (AvgIpc) is 2.98. The summed E-state index contributed by atoms with van der Waals surface area (Å²) < 4.78 is 10.5. The lowest BCUT2D eigenvalue weighted by Gasteiger charge is -2.27. The molecule has 2 aromatic heterocycles. The largest absolute Gasteiger partial charge is 0.481 e. The van der Waals surface area contributed by atoms with Gasteiger partial charge in [-0.2, -0.15) is 4.98 Å². The molecule has 0 saturated carbocycles. The van der Waals surface area contributed by atoms with Crippen molar-refractivity contribution in [3.05, 3.63) is 27.6 Å². The molecule has 4 rings (SSSR count). The normalized spacial score (nSPS) is 14.6. The summed E-state index contributed by atoms with van der Waals surface area (Å²) in [4.78, 5) is 41.2. The lowest BCUT2D eigenvalue weighted by Crippen LogP contribution is -2.37. The van der Waals surface area contributed by atoms with Crippen molar-refractivity contribution in [1.82, 2.24) is 19.9 Å². The second-order valence-corrected chi connectivity index (χ2v) is 10.5. The molecule has 5 N–H and O–H groups in total. The van der Waals surface area contributed by atoms with E-state index in [2.05, 4.69) is 25.3 Å². The van der Waals surface area contributed by atoms with E-state index in [1.165, 1.54) is 6.07 Å².